The number of nitrogen functional groups attached to an aromatic ring is 1. The normalized spacial score (nSPS) is 9.91. The van der Waals surface area contributed by atoms with Crippen LogP contribution in [0.4, 0.5) is 28.4 Å². The Kier molecular flexibility index (Phi) is 10.8. The Balaban J connectivity index is 0.000000192. The highest BCUT2D eigenvalue weighted by atomic mass is 16.6. The second kappa shape index (κ2) is 14.9. The van der Waals surface area contributed by atoms with Crippen LogP contribution in [-0.4, -0.2) is 53.8 Å². The van der Waals surface area contributed by atoms with Gasteiger partial charge in [-0.3, -0.25) is 25.0 Å². The van der Waals surface area contributed by atoms with Gasteiger partial charge >= 0.3 is 17.9 Å². The zero-order valence-corrected chi connectivity index (χ0v) is 23.3. The van der Waals surface area contributed by atoms with E-state index in [0.717, 1.165) is 23.7 Å². The SMILES string of the molecule is Nc1cc([N+](=O)[O-])ccc1C(=O)O.O=C(O)C(=O)c1c[nH]c2ccccc12.O=C(O)c1ccccc1Nc1ccccc1[N+](=O)[O-]. The Bertz CT molecular complexity index is 1910. The highest BCUT2D eigenvalue weighted by molar-refractivity contribution is 6.42. The van der Waals surface area contributed by atoms with Crippen molar-refractivity contribution in [3.63, 3.8) is 0 Å². The first-order chi connectivity index (χ1) is 21.8. The molecule has 4 aromatic carbocycles. The summed E-state index contributed by atoms with van der Waals surface area (Å²) < 4.78 is 0. The summed E-state index contributed by atoms with van der Waals surface area (Å²) in [5.74, 6) is -4.62. The molecule has 0 bridgehead atoms. The number of nitro groups is 2. The van der Waals surface area contributed by atoms with Crippen molar-refractivity contribution in [3.8, 4) is 0 Å². The van der Waals surface area contributed by atoms with Gasteiger partial charge < -0.3 is 31.4 Å². The summed E-state index contributed by atoms with van der Waals surface area (Å²) in [6.07, 6.45) is 1.42. The summed E-state index contributed by atoms with van der Waals surface area (Å²) in [5.41, 5.74) is 6.28. The van der Waals surface area contributed by atoms with E-state index in [0.29, 0.717) is 11.1 Å². The van der Waals surface area contributed by atoms with Crippen molar-refractivity contribution in [2.75, 3.05) is 11.1 Å². The van der Waals surface area contributed by atoms with Crippen molar-refractivity contribution in [2.24, 2.45) is 0 Å². The number of nitrogens with zero attached hydrogens (tertiary/aromatic N) is 2. The Hall–Kier alpha value is -7.10. The molecule has 0 aliphatic carbocycles. The summed E-state index contributed by atoms with van der Waals surface area (Å²) in [5, 5.41) is 50.7. The van der Waals surface area contributed by atoms with E-state index in [1.165, 1.54) is 24.4 Å². The van der Waals surface area contributed by atoms with Gasteiger partial charge in [0.1, 0.15) is 5.69 Å². The lowest BCUT2D eigenvalue weighted by atomic mass is 10.1. The molecule has 5 rings (SSSR count). The number of H-pyrrole nitrogens is 1. The summed E-state index contributed by atoms with van der Waals surface area (Å²) >= 11 is 0. The smallest absolute Gasteiger partial charge is 0.377 e. The van der Waals surface area contributed by atoms with E-state index in [9.17, 15) is 39.4 Å². The number of aliphatic carboxylic acids is 1. The van der Waals surface area contributed by atoms with E-state index in [4.69, 9.17) is 21.1 Å². The van der Waals surface area contributed by atoms with Gasteiger partial charge in [0.15, 0.2) is 0 Å². The van der Waals surface area contributed by atoms with E-state index in [-0.39, 0.29) is 39.4 Å². The van der Waals surface area contributed by atoms with E-state index in [1.54, 1.807) is 48.5 Å². The van der Waals surface area contributed by atoms with E-state index >= 15 is 0 Å². The summed E-state index contributed by atoms with van der Waals surface area (Å²) in [7, 11) is 0. The number of rotatable bonds is 8. The number of Topliss-reactive ketones (excluding diaryl/α,β-unsaturated/α-hetero) is 1. The van der Waals surface area contributed by atoms with E-state index in [1.807, 2.05) is 6.07 Å². The zero-order chi connectivity index (χ0) is 34.0. The number of aromatic nitrogens is 1. The largest absolute Gasteiger partial charge is 0.478 e. The monoisotopic (exact) mass is 629 g/mol. The van der Waals surface area contributed by atoms with Gasteiger partial charge in [-0.05, 0) is 30.3 Å². The van der Waals surface area contributed by atoms with E-state index < -0.39 is 33.5 Å². The number of para-hydroxylation sites is 4. The molecule has 16 nitrogen and oxygen atoms in total. The minimum atomic E-state index is -1.44. The maximum atomic E-state index is 11.2. The Morgan fingerprint density at radius 1 is 0.696 bits per heavy atom. The quantitative estimate of drug-likeness (QED) is 0.0416. The molecule has 5 aromatic rings. The first-order valence-electron chi connectivity index (χ1n) is 12.8. The minimum absolute atomic E-state index is 0.0562. The van der Waals surface area contributed by atoms with Crippen molar-refractivity contribution in [1.82, 2.24) is 4.98 Å². The number of ketones is 1. The number of fused-ring (bicyclic) bond motifs is 1. The van der Waals surface area contributed by atoms with Crippen LogP contribution in [0.1, 0.15) is 31.1 Å². The fourth-order valence-corrected chi connectivity index (χ4v) is 3.90. The number of carbonyl (C=O) groups is 4. The number of aromatic carboxylic acids is 2. The van der Waals surface area contributed by atoms with Crippen molar-refractivity contribution >= 4 is 63.0 Å². The standard InChI is InChI=1S/C13H10N2O4.C10H7NO3.C7H6N2O4/c16-13(17)9-5-1-2-6-10(9)14-11-7-3-4-8-12(11)15(18)19;12-9(10(13)14)7-5-11-8-4-2-1-3-6(7)8;8-6-3-4(9(12)13)1-2-5(6)7(10)11/h1-8,14H,(H,16,17);1-5,11H,(H,13,14);1-3H,8H2,(H,10,11). The first kappa shape index (κ1) is 33.4. The lowest BCUT2D eigenvalue weighted by molar-refractivity contribution is -0.384. The van der Waals surface area contributed by atoms with E-state index in [2.05, 4.69) is 10.3 Å². The molecule has 7 N–H and O–H groups in total. The van der Waals surface area contributed by atoms with Gasteiger partial charge in [-0.1, -0.05) is 42.5 Å². The number of benzene rings is 4. The molecule has 0 saturated carbocycles. The third kappa shape index (κ3) is 8.26. The average molecular weight is 630 g/mol. The van der Waals surface area contributed by atoms with Crippen LogP contribution in [0, 0.1) is 20.2 Å². The number of carboxylic acids is 3. The molecule has 1 aromatic heterocycles. The fourth-order valence-electron chi connectivity index (χ4n) is 3.90. The second-order valence-corrected chi connectivity index (χ2v) is 8.97. The molecule has 0 atom stereocenters. The van der Waals surface area contributed by atoms with Crippen molar-refractivity contribution < 1.29 is 44.3 Å². The van der Waals surface area contributed by atoms with Crippen molar-refractivity contribution in [1.29, 1.82) is 0 Å². The topological polar surface area (TPSA) is 269 Å². The third-order valence-corrected chi connectivity index (χ3v) is 6.03. The predicted molar refractivity (Wildman–Crippen MR) is 165 cm³/mol. The highest BCUT2D eigenvalue weighted by Crippen LogP contribution is 2.28. The van der Waals surface area contributed by atoms with Crippen LogP contribution in [0.25, 0.3) is 10.9 Å². The molecule has 1 heterocycles. The molecular weight excluding hydrogens is 606 g/mol. The Labute approximate surface area is 257 Å². The molecule has 234 valence electrons. The fraction of sp³-hybridized carbons (Fsp3) is 0. The number of nitrogens with one attached hydrogen (secondary N) is 2. The number of hydrogen-bond donors (Lipinski definition) is 6. The predicted octanol–water partition coefficient (Wildman–Crippen LogP) is 5.35. The van der Waals surface area contributed by atoms with Gasteiger partial charge in [0.2, 0.25) is 0 Å². The Morgan fingerprint density at radius 3 is 1.87 bits per heavy atom. The number of nitro benzene ring substituents is 2. The molecule has 0 aliphatic rings. The van der Waals surface area contributed by atoms with Crippen LogP contribution in [0.2, 0.25) is 0 Å². The molecule has 16 heteroatoms. The maximum Gasteiger partial charge on any atom is 0.377 e. The number of carboxylic acid groups (broad SMARTS) is 3. The van der Waals surface area contributed by atoms with Crippen molar-refractivity contribution in [2.45, 2.75) is 0 Å². The zero-order valence-electron chi connectivity index (χ0n) is 23.3. The van der Waals surface area contributed by atoms with Crippen LogP contribution >= 0.6 is 0 Å². The molecule has 0 amide bonds. The average Bonchev–Trinajstić information content (AvgIpc) is 3.45. The van der Waals surface area contributed by atoms with Crippen LogP contribution < -0.4 is 11.1 Å². The molecular formula is C30H23N5O11. The number of aromatic amines is 1. The number of nitrogens with two attached hydrogens (primary N) is 1. The third-order valence-electron chi connectivity index (χ3n) is 6.03. The Morgan fingerprint density at radius 2 is 1.28 bits per heavy atom. The van der Waals surface area contributed by atoms with Gasteiger partial charge in [-0.15, -0.1) is 0 Å². The molecule has 0 fully saturated rings. The second-order valence-electron chi connectivity index (χ2n) is 8.97. The van der Waals surface area contributed by atoms with Crippen LogP contribution in [0.15, 0.2) is 97.2 Å². The summed E-state index contributed by atoms with van der Waals surface area (Å²) in [4.78, 5) is 66.0. The molecule has 0 unspecified atom stereocenters. The first-order valence-corrected chi connectivity index (χ1v) is 12.8. The maximum absolute atomic E-state index is 11.2. The van der Waals surface area contributed by atoms with Crippen LogP contribution in [0.5, 0.6) is 0 Å². The van der Waals surface area contributed by atoms with Gasteiger partial charge in [0.05, 0.1) is 37.9 Å². The summed E-state index contributed by atoms with van der Waals surface area (Å²) in [6.45, 7) is 0. The molecule has 0 radical (unpaired) electrons. The number of carbonyl (C=O) groups excluding carboxylic acids is 1. The lowest BCUT2D eigenvalue weighted by Crippen LogP contribution is -2.11. The van der Waals surface area contributed by atoms with Gasteiger partial charge in [-0.25, -0.2) is 14.4 Å². The minimum Gasteiger partial charge on any atom is -0.478 e. The molecule has 0 aliphatic heterocycles. The van der Waals surface area contributed by atoms with Crippen LogP contribution in [-0.2, 0) is 4.79 Å². The van der Waals surface area contributed by atoms with Crippen LogP contribution in [0.3, 0.4) is 0 Å². The lowest BCUT2D eigenvalue weighted by Gasteiger charge is -2.09. The molecule has 0 spiro atoms. The highest BCUT2D eigenvalue weighted by Gasteiger charge is 2.18. The number of hydrogen-bond acceptors (Lipinski definition) is 10. The summed E-state index contributed by atoms with van der Waals surface area (Å²) in [6, 6.07) is 22.6. The van der Waals surface area contributed by atoms with Crippen molar-refractivity contribution in [3.05, 3.63) is 134 Å². The number of non-ortho nitro benzene ring substituents is 1. The van der Waals surface area contributed by atoms with Gasteiger partial charge in [-0.2, -0.15) is 0 Å². The number of anilines is 3. The van der Waals surface area contributed by atoms with Gasteiger partial charge in [0, 0.05) is 35.3 Å². The molecule has 46 heavy (non-hydrogen) atoms. The molecule has 0 saturated heterocycles. The van der Waals surface area contributed by atoms with Gasteiger partial charge in [0.25, 0.3) is 17.2 Å².